The molecule has 15 heavy (non-hydrogen) atoms. The number of carbonyl (C=O) groups excluding carboxylic acids is 1. The van der Waals surface area contributed by atoms with Crippen LogP contribution < -0.4 is 5.73 Å². The third-order valence-corrected chi connectivity index (χ3v) is 1.66. The number of hydrogen-bond acceptors (Lipinski definition) is 2. The van der Waals surface area contributed by atoms with Crippen LogP contribution in [0.2, 0.25) is 0 Å². The first kappa shape index (κ1) is 11.3. The zero-order chi connectivity index (χ0) is 11.6. The highest BCUT2D eigenvalue weighted by molar-refractivity contribution is 6.05. The summed E-state index contributed by atoms with van der Waals surface area (Å²) >= 11 is 0. The molecule has 5 heteroatoms. The molecule has 1 rings (SSSR count). The Bertz CT molecular complexity index is 437. The van der Waals surface area contributed by atoms with Gasteiger partial charge in [0.15, 0.2) is 23.2 Å². The lowest BCUT2D eigenvalue weighted by Gasteiger charge is -2.01. The molecule has 0 fully saturated rings. The summed E-state index contributed by atoms with van der Waals surface area (Å²) in [6, 6.07) is 1.56. The minimum absolute atomic E-state index is 0.157. The standard InChI is InChI=1S/C10H8F3NO/c1-5(14)4-8(15)6-2-3-7(11)10(13)9(6)12/h2-4H,14H2,1H3/b5-4-. The third kappa shape index (κ3) is 2.37. The summed E-state index contributed by atoms with van der Waals surface area (Å²) in [7, 11) is 0. The van der Waals surface area contributed by atoms with Crippen molar-refractivity contribution in [1.29, 1.82) is 0 Å². The second kappa shape index (κ2) is 4.16. The number of halogens is 3. The Labute approximate surface area is 84.2 Å². The maximum absolute atomic E-state index is 13.1. The van der Waals surface area contributed by atoms with E-state index in [0.29, 0.717) is 6.07 Å². The summed E-state index contributed by atoms with van der Waals surface area (Å²) in [5.41, 5.74) is 4.81. The second-order valence-corrected chi connectivity index (χ2v) is 2.98. The largest absolute Gasteiger partial charge is 0.402 e. The van der Waals surface area contributed by atoms with E-state index < -0.39 is 28.8 Å². The van der Waals surface area contributed by atoms with Crippen LogP contribution in [0.5, 0.6) is 0 Å². The second-order valence-electron chi connectivity index (χ2n) is 2.98. The number of ketones is 1. The molecule has 0 radical (unpaired) electrons. The molecule has 0 saturated carbocycles. The Hall–Kier alpha value is -1.78. The molecule has 0 aromatic heterocycles. The summed E-state index contributed by atoms with van der Waals surface area (Å²) in [6.07, 6.45) is 0.940. The molecule has 0 spiro atoms. The number of allylic oxidation sites excluding steroid dienone is 2. The van der Waals surface area contributed by atoms with Crippen LogP contribution >= 0.6 is 0 Å². The van der Waals surface area contributed by atoms with Crippen molar-refractivity contribution in [3.05, 3.63) is 46.9 Å². The van der Waals surface area contributed by atoms with Gasteiger partial charge in [-0.05, 0) is 19.1 Å². The molecule has 80 valence electrons. The molecule has 0 amide bonds. The van der Waals surface area contributed by atoms with Gasteiger partial charge in [0.25, 0.3) is 0 Å². The monoisotopic (exact) mass is 215 g/mol. The van der Waals surface area contributed by atoms with Gasteiger partial charge in [0.1, 0.15) is 0 Å². The van der Waals surface area contributed by atoms with E-state index in [1.165, 1.54) is 6.92 Å². The highest BCUT2D eigenvalue weighted by Crippen LogP contribution is 2.16. The molecule has 0 saturated heterocycles. The van der Waals surface area contributed by atoms with Gasteiger partial charge < -0.3 is 5.73 Å². The van der Waals surface area contributed by atoms with E-state index in [1.54, 1.807) is 0 Å². The van der Waals surface area contributed by atoms with Crippen LogP contribution in [0.4, 0.5) is 13.2 Å². The van der Waals surface area contributed by atoms with Crippen LogP contribution in [0, 0.1) is 17.5 Å². The lowest BCUT2D eigenvalue weighted by molar-refractivity contribution is 0.104. The van der Waals surface area contributed by atoms with Crippen molar-refractivity contribution in [3.8, 4) is 0 Å². The summed E-state index contributed by atoms with van der Waals surface area (Å²) in [6.45, 7) is 1.43. The number of rotatable bonds is 2. The quantitative estimate of drug-likeness (QED) is 0.466. The van der Waals surface area contributed by atoms with Crippen LogP contribution in [0.15, 0.2) is 23.9 Å². The Balaban J connectivity index is 3.23. The van der Waals surface area contributed by atoms with Crippen LogP contribution in [0.3, 0.4) is 0 Å². The van der Waals surface area contributed by atoms with E-state index in [4.69, 9.17) is 5.73 Å². The molecule has 0 unspecified atom stereocenters. The van der Waals surface area contributed by atoms with Crippen LogP contribution in [0.1, 0.15) is 17.3 Å². The van der Waals surface area contributed by atoms with Crippen molar-refractivity contribution >= 4 is 5.78 Å². The van der Waals surface area contributed by atoms with E-state index in [9.17, 15) is 18.0 Å². The van der Waals surface area contributed by atoms with Gasteiger partial charge >= 0.3 is 0 Å². The molecule has 0 aliphatic rings. The number of benzene rings is 1. The maximum atomic E-state index is 13.1. The fourth-order valence-electron chi connectivity index (χ4n) is 1.00. The summed E-state index contributed by atoms with van der Waals surface area (Å²) < 4.78 is 38.3. The van der Waals surface area contributed by atoms with Gasteiger partial charge in [-0.1, -0.05) is 0 Å². The van der Waals surface area contributed by atoms with Crippen molar-refractivity contribution in [3.63, 3.8) is 0 Å². The van der Waals surface area contributed by atoms with Crippen molar-refractivity contribution < 1.29 is 18.0 Å². The molecular weight excluding hydrogens is 207 g/mol. The highest BCUT2D eigenvalue weighted by atomic mass is 19.2. The first-order valence-corrected chi connectivity index (χ1v) is 4.05. The van der Waals surface area contributed by atoms with E-state index >= 15 is 0 Å². The fraction of sp³-hybridized carbons (Fsp3) is 0.100. The smallest absolute Gasteiger partial charge is 0.195 e. The Kier molecular flexibility index (Phi) is 3.14. The average molecular weight is 215 g/mol. The molecule has 2 nitrogen and oxygen atoms in total. The van der Waals surface area contributed by atoms with Crippen LogP contribution in [-0.4, -0.2) is 5.78 Å². The zero-order valence-electron chi connectivity index (χ0n) is 7.85. The topological polar surface area (TPSA) is 43.1 Å². The van der Waals surface area contributed by atoms with Gasteiger partial charge in [0.2, 0.25) is 0 Å². The molecule has 0 aliphatic carbocycles. The minimum Gasteiger partial charge on any atom is -0.402 e. The molecule has 0 aliphatic heterocycles. The van der Waals surface area contributed by atoms with Gasteiger partial charge in [-0.25, -0.2) is 13.2 Å². The lowest BCUT2D eigenvalue weighted by Crippen LogP contribution is -2.05. The Morgan fingerprint density at radius 1 is 1.27 bits per heavy atom. The van der Waals surface area contributed by atoms with E-state index in [2.05, 4.69) is 0 Å². The Morgan fingerprint density at radius 3 is 2.40 bits per heavy atom. The molecule has 0 bridgehead atoms. The summed E-state index contributed by atoms with van der Waals surface area (Å²) in [5.74, 6) is -5.30. The van der Waals surface area contributed by atoms with Crippen molar-refractivity contribution in [1.82, 2.24) is 0 Å². The van der Waals surface area contributed by atoms with Crippen molar-refractivity contribution in [2.24, 2.45) is 5.73 Å². The van der Waals surface area contributed by atoms with Crippen molar-refractivity contribution in [2.75, 3.05) is 0 Å². The zero-order valence-corrected chi connectivity index (χ0v) is 7.85. The van der Waals surface area contributed by atoms with Gasteiger partial charge in [0.05, 0.1) is 5.56 Å². The first-order valence-electron chi connectivity index (χ1n) is 4.05. The molecule has 1 aromatic rings. The SMILES string of the molecule is C/C(N)=C/C(=O)c1ccc(F)c(F)c1F. The summed E-state index contributed by atoms with van der Waals surface area (Å²) in [5, 5.41) is 0. The predicted molar refractivity (Wildman–Crippen MR) is 48.6 cm³/mol. The van der Waals surface area contributed by atoms with Crippen LogP contribution in [-0.2, 0) is 0 Å². The average Bonchev–Trinajstić information content (AvgIpc) is 2.13. The van der Waals surface area contributed by atoms with Gasteiger partial charge in [0, 0.05) is 11.8 Å². The number of carbonyl (C=O) groups is 1. The van der Waals surface area contributed by atoms with E-state index in [0.717, 1.165) is 12.1 Å². The summed E-state index contributed by atoms with van der Waals surface area (Å²) in [4.78, 5) is 11.3. The maximum Gasteiger partial charge on any atom is 0.195 e. The van der Waals surface area contributed by atoms with Gasteiger partial charge in [-0.3, -0.25) is 4.79 Å². The highest BCUT2D eigenvalue weighted by Gasteiger charge is 2.17. The predicted octanol–water partition coefficient (Wildman–Crippen LogP) is 2.15. The van der Waals surface area contributed by atoms with E-state index in [1.807, 2.05) is 0 Å². The number of nitrogens with two attached hydrogens (primary N) is 1. The van der Waals surface area contributed by atoms with Crippen LogP contribution in [0.25, 0.3) is 0 Å². The molecule has 0 heterocycles. The molecule has 1 aromatic carbocycles. The minimum atomic E-state index is -1.66. The van der Waals surface area contributed by atoms with E-state index in [-0.39, 0.29) is 5.70 Å². The third-order valence-electron chi connectivity index (χ3n) is 1.66. The van der Waals surface area contributed by atoms with Gasteiger partial charge in [-0.15, -0.1) is 0 Å². The molecular formula is C10H8F3NO. The fourth-order valence-corrected chi connectivity index (χ4v) is 1.00. The molecule has 2 N–H and O–H groups in total. The number of hydrogen-bond donors (Lipinski definition) is 1. The Morgan fingerprint density at radius 2 is 1.87 bits per heavy atom. The van der Waals surface area contributed by atoms with Crippen molar-refractivity contribution in [2.45, 2.75) is 6.92 Å². The van der Waals surface area contributed by atoms with Gasteiger partial charge in [-0.2, -0.15) is 0 Å². The molecule has 0 atom stereocenters. The lowest BCUT2D eigenvalue weighted by atomic mass is 10.1. The normalized spacial score (nSPS) is 11.6. The first-order chi connectivity index (χ1) is 6.93.